The van der Waals surface area contributed by atoms with Crippen LogP contribution in [0.3, 0.4) is 0 Å². The summed E-state index contributed by atoms with van der Waals surface area (Å²) in [4.78, 5) is 35.9. The van der Waals surface area contributed by atoms with Crippen molar-refractivity contribution in [2.24, 2.45) is 7.05 Å². The number of amides is 3. The quantitative estimate of drug-likeness (QED) is 0.505. The van der Waals surface area contributed by atoms with Crippen molar-refractivity contribution in [3.8, 4) is 0 Å². The first kappa shape index (κ1) is 14.8. The van der Waals surface area contributed by atoms with E-state index in [0.29, 0.717) is 0 Å². The van der Waals surface area contributed by atoms with Crippen molar-refractivity contribution >= 4 is 24.0 Å². The number of hydrogen-bond acceptors (Lipinski definition) is 4. The highest BCUT2D eigenvalue weighted by Crippen LogP contribution is 2.19. The fourth-order valence-corrected chi connectivity index (χ4v) is 2.09. The van der Waals surface area contributed by atoms with Gasteiger partial charge in [-0.3, -0.25) is 9.59 Å². The van der Waals surface area contributed by atoms with Gasteiger partial charge in [0.15, 0.2) is 0 Å². The molecule has 0 spiro atoms. The molecule has 0 bridgehead atoms. The second-order valence-corrected chi connectivity index (χ2v) is 4.84. The van der Waals surface area contributed by atoms with E-state index in [1.165, 1.54) is 7.11 Å². The van der Waals surface area contributed by atoms with E-state index in [1.54, 1.807) is 6.08 Å². The Kier molecular flexibility index (Phi) is 3.84. The Balaban J connectivity index is 2.28. The third kappa shape index (κ3) is 2.67. The summed E-state index contributed by atoms with van der Waals surface area (Å²) in [6, 6.07) is 1.30. The maximum atomic E-state index is 12.1. The zero-order valence-electron chi connectivity index (χ0n) is 12.4. The number of carbonyl (C=O) groups is 3. The summed E-state index contributed by atoms with van der Waals surface area (Å²) in [5.41, 5.74) is 3.02. The number of imide groups is 1. The first-order valence-electron chi connectivity index (χ1n) is 6.39. The number of aromatic nitrogens is 1. The third-order valence-electron chi connectivity index (χ3n) is 3.59. The molecule has 1 N–H and O–H groups in total. The standard InChI is InChI=1S/C14H17N3O4/c1-8-5-10(9(2)16(8)3)6-11-13(19)17(14(20)15-11)7-12(18)21-4/h5-6H,7H2,1-4H3,(H,15,20). The van der Waals surface area contributed by atoms with E-state index in [4.69, 9.17) is 0 Å². The summed E-state index contributed by atoms with van der Waals surface area (Å²) < 4.78 is 6.45. The molecule has 0 aromatic carbocycles. The van der Waals surface area contributed by atoms with Gasteiger partial charge in [0.25, 0.3) is 5.91 Å². The van der Waals surface area contributed by atoms with Crippen molar-refractivity contribution in [2.75, 3.05) is 13.7 Å². The predicted octanol–water partition coefficient (Wildman–Crippen LogP) is 0.708. The van der Waals surface area contributed by atoms with Crippen molar-refractivity contribution in [1.29, 1.82) is 0 Å². The Hall–Kier alpha value is -2.57. The number of carbonyl (C=O) groups excluding carboxylic acids is 3. The van der Waals surface area contributed by atoms with Gasteiger partial charge in [-0.1, -0.05) is 0 Å². The van der Waals surface area contributed by atoms with E-state index in [-0.39, 0.29) is 5.70 Å². The van der Waals surface area contributed by atoms with E-state index < -0.39 is 24.5 Å². The highest BCUT2D eigenvalue weighted by Gasteiger charge is 2.35. The Labute approximate surface area is 122 Å². The largest absolute Gasteiger partial charge is 0.468 e. The minimum absolute atomic E-state index is 0.151. The molecule has 1 fully saturated rings. The molecule has 7 heteroatoms. The van der Waals surface area contributed by atoms with Crippen molar-refractivity contribution in [1.82, 2.24) is 14.8 Å². The molecule has 0 aliphatic carbocycles. The SMILES string of the molecule is COC(=O)CN1C(=O)NC(=Cc2cc(C)n(C)c2C)C1=O. The molecule has 112 valence electrons. The molecule has 0 saturated carbocycles. The summed E-state index contributed by atoms with van der Waals surface area (Å²) in [6.07, 6.45) is 1.61. The van der Waals surface area contributed by atoms with Crippen LogP contribution in [-0.2, 0) is 21.4 Å². The van der Waals surface area contributed by atoms with Gasteiger partial charge in [0.1, 0.15) is 12.2 Å². The van der Waals surface area contributed by atoms with Crippen molar-refractivity contribution in [3.63, 3.8) is 0 Å². The molecule has 0 atom stereocenters. The van der Waals surface area contributed by atoms with Crippen LogP contribution in [0.5, 0.6) is 0 Å². The zero-order chi connectivity index (χ0) is 15.7. The van der Waals surface area contributed by atoms with Crippen LogP contribution in [0.15, 0.2) is 11.8 Å². The van der Waals surface area contributed by atoms with Crippen LogP contribution in [0.4, 0.5) is 4.79 Å². The van der Waals surface area contributed by atoms with Gasteiger partial charge in [-0.05, 0) is 31.6 Å². The first-order chi connectivity index (χ1) is 9.85. The number of methoxy groups -OCH3 is 1. The average molecular weight is 291 g/mol. The number of rotatable bonds is 3. The average Bonchev–Trinajstić information content (AvgIpc) is 2.84. The summed E-state index contributed by atoms with van der Waals surface area (Å²) in [5.74, 6) is -1.18. The Morgan fingerprint density at radius 3 is 2.57 bits per heavy atom. The van der Waals surface area contributed by atoms with Crippen molar-refractivity contribution in [2.45, 2.75) is 13.8 Å². The molecular weight excluding hydrogens is 274 g/mol. The summed E-state index contributed by atoms with van der Waals surface area (Å²) in [5, 5.41) is 2.47. The summed E-state index contributed by atoms with van der Waals surface area (Å²) in [7, 11) is 3.12. The van der Waals surface area contributed by atoms with Crippen LogP contribution >= 0.6 is 0 Å². The van der Waals surface area contributed by atoms with Crippen molar-refractivity contribution in [3.05, 3.63) is 28.7 Å². The van der Waals surface area contributed by atoms with Gasteiger partial charge in [0.2, 0.25) is 0 Å². The molecule has 2 heterocycles. The van der Waals surface area contributed by atoms with Gasteiger partial charge in [-0.2, -0.15) is 0 Å². The number of hydrogen-bond donors (Lipinski definition) is 1. The minimum atomic E-state index is -0.647. The minimum Gasteiger partial charge on any atom is -0.468 e. The van der Waals surface area contributed by atoms with Gasteiger partial charge in [-0.15, -0.1) is 0 Å². The van der Waals surface area contributed by atoms with Gasteiger partial charge >= 0.3 is 12.0 Å². The number of urea groups is 1. The molecule has 2 rings (SSSR count). The van der Waals surface area contributed by atoms with E-state index in [2.05, 4.69) is 10.1 Å². The predicted molar refractivity (Wildman–Crippen MR) is 75.1 cm³/mol. The number of ether oxygens (including phenoxy) is 1. The molecule has 1 aliphatic heterocycles. The fraction of sp³-hybridized carbons (Fsp3) is 0.357. The third-order valence-corrected chi connectivity index (χ3v) is 3.59. The topological polar surface area (TPSA) is 80.6 Å². The molecule has 7 nitrogen and oxygen atoms in total. The Morgan fingerprint density at radius 1 is 1.38 bits per heavy atom. The number of nitrogens with zero attached hydrogens (tertiary/aromatic N) is 2. The molecular formula is C14H17N3O4. The molecule has 21 heavy (non-hydrogen) atoms. The van der Waals surface area contributed by atoms with E-state index in [9.17, 15) is 14.4 Å². The molecule has 3 amide bonds. The Bertz CT molecular complexity index is 657. The van der Waals surface area contributed by atoms with Crippen LogP contribution in [0.1, 0.15) is 17.0 Å². The normalized spacial score (nSPS) is 16.6. The van der Waals surface area contributed by atoms with Crippen LogP contribution < -0.4 is 5.32 Å². The lowest BCUT2D eigenvalue weighted by molar-refractivity contribution is -0.143. The number of esters is 1. The maximum Gasteiger partial charge on any atom is 0.329 e. The lowest BCUT2D eigenvalue weighted by Gasteiger charge is -2.08. The second-order valence-electron chi connectivity index (χ2n) is 4.84. The smallest absolute Gasteiger partial charge is 0.329 e. The highest BCUT2D eigenvalue weighted by molar-refractivity contribution is 6.15. The van der Waals surface area contributed by atoms with Gasteiger partial charge in [0.05, 0.1) is 7.11 Å². The number of aryl methyl sites for hydroxylation is 1. The Morgan fingerprint density at radius 2 is 2.05 bits per heavy atom. The first-order valence-corrected chi connectivity index (χ1v) is 6.39. The lowest BCUT2D eigenvalue weighted by Crippen LogP contribution is -2.36. The summed E-state index contributed by atoms with van der Waals surface area (Å²) in [6.45, 7) is 3.48. The fourth-order valence-electron chi connectivity index (χ4n) is 2.09. The maximum absolute atomic E-state index is 12.1. The van der Waals surface area contributed by atoms with Gasteiger partial charge in [0, 0.05) is 18.4 Å². The van der Waals surface area contributed by atoms with Gasteiger partial charge < -0.3 is 14.6 Å². The lowest BCUT2D eigenvalue weighted by atomic mass is 10.2. The zero-order valence-corrected chi connectivity index (χ0v) is 12.4. The molecule has 0 unspecified atom stereocenters. The van der Waals surface area contributed by atoms with Crippen LogP contribution in [0, 0.1) is 13.8 Å². The number of nitrogens with one attached hydrogen (secondary N) is 1. The molecule has 1 saturated heterocycles. The molecule has 1 aromatic heterocycles. The molecule has 1 aromatic rings. The van der Waals surface area contributed by atoms with Gasteiger partial charge in [-0.25, -0.2) is 9.69 Å². The van der Waals surface area contributed by atoms with E-state index in [0.717, 1.165) is 21.9 Å². The highest BCUT2D eigenvalue weighted by atomic mass is 16.5. The molecule has 1 aliphatic rings. The monoisotopic (exact) mass is 291 g/mol. The van der Waals surface area contributed by atoms with Crippen LogP contribution in [-0.4, -0.2) is 41.0 Å². The van der Waals surface area contributed by atoms with Crippen LogP contribution in [0.25, 0.3) is 6.08 Å². The summed E-state index contributed by atoms with van der Waals surface area (Å²) >= 11 is 0. The molecule has 0 radical (unpaired) electrons. The van der Waals surface area contributed by atoms with E-state index >= 15 is 0 Å². The van der Waals surface area contributed by atoms with Crippen molar-refractivity contribution < 1.29 is 19.1 Å². The van der Waals surface area contributed by atoms with Crippen LogP contribution in [0.2, 0.25) is 0 Å². The second kappa shape index (κ2) is 5.43. The van der Waals surface area contributed by atoms with E-state index in [1.807, 2.05) is 31.5 Å².